The van der Waals surface area contributed by atoms with Gasteiger partial charge in [-0.25, -0.2) is 4.79 Å². The van der Waals surface area contributed by atoms with E-state index in [0.717, 1.165) is 5.56 Å². The van der Waals surface area contributed by atoms with Crippen LogP contribution in [0.15, 0.2) is 54.1 Å². The van der Waals surface area contributed by atoms with Crippen molar-refractivity contribution in [2.24, 2.45) is 0 Å². The lowest BCUT2D eigenvalue weighted by Crippen LogP contribution is -2.25. The zero-order chi connectivity index (χ0) is 20.7. The lowest BCUT2D eigenvalue weighted by atomic mass is 10.0. The van der Waals surface area contributed by atoms with Gasteiger partial charge in [-0.05, 0) is 54.3 Å². The molecule has 1 atom stereocenters. The van der Waals surface area contributed by atoms with Gasteiger partial charge in [0, 0.05) is 5.56 Å². The molecule has 5 nitrogen and oxygen atoms in total. The number of benzene rings is 2. The minimum absolute atomic E-state index is 0.160. The molecule has 2 aromatic carbocycles. The number of ketones is 1. The fourth-order valence-corrected chi connectivity index (χ4v) is 2.55. The molecule has 0 aromatic heterocycles. The van der Waals surface area contributed by atoms with Crippen LogP contribution in [0.4, 0.5) is 0 Å². The number of rotatable bonds is 7. The van der Waals surface area contributed by atoms with Crippen LogP contribution in [-0.4, -0.2) is 25.0 Å². The zero-order valence-corrected chi connectivity index (χ0v) is 16.4. The molecule has 2 aromatic rings. The van der Waals surface area contributed by atoms with Crippen molar-refractivity contribution in [1.82, 2.24) is 0 Å². The highest BCUT2D eigenvalue weighted by molar-refractivity contribution is 6.03. The molecule has 0 amide bonds. The van der Waals surface area contributed by atoms with Crippen molar-refractivity contribution in [3.05, 3.63) is 70.8 Å². The SMILES string of the molecule is COc1ccc(C(=O)[C@@H](C)OC(=O)/C(C#N)=C/c2ccc(C(C)C)cc2)cc1. The molecule has 0 radical (unpaired) electrons. The predicted molar refractivity (Wildman–Crippen MR) is 107 cm³/mol. The second kappa shape index (κ2) is 9.52. The fraction of sp³-hybridized carbons (Fsp3) is 0.261. The molecular formula is C23H23NO4. The van der Waals surface area contributed by atoms with E-state index in [4.69, 9.17) is 9.47 Å². The van der Waals surface area contributed by atoms with Crippen molar-refractivity contribution in [2.45, 2.75) is 32.8 Å². The van der Waals surface area contributed by atoms with Crippen LogP contribution in [0.3, 0.4) is 0 Å². The minimum atomic E-state index is -1.01. The maximum absolute atomic E-state index is 12.4. The van der Waals surface area contributed by atoms with Crippen LogP contribution in [0.1, 0.15) is 48.2 Å². The molecule has 28 heavy (non-hydrogen) atoms. The summed E-state index contributed by atoms with van der Waals surface area (Å²) in [5, 5.41) is 9.31. The van der Waals surface area contributed by atoms with Gasteiger partial charge in [0.1, 0.15) is 17.4 Å². The summed E-state index contributed by atoms with van der Waals surface area (Å²) in [5.41, 5.74) is 2.11. The molecule has 0 N–H and O–H groups in total. The Morgan fingerprint density at radius 1 is 1.00 bits per heavy atom. The first-order valence-electron chi connectivity index (χ1n) is 8.96. The van der Waals surface area contributed by atoms with Gasteiger partial charge in [0.15, 0.2) is 6.10 Å². The van der Waals surface area contributed by atoms with E-state index >= 15 is 0 Å². The lowest BCUT2D eigenvalue weighted by molar-refractivity contribution is -0.141. The zero-order valence-electron chi connectivity index (χ0n) is 16.4. The summed E-state index contributed by atoms with van der Waals surface area (Å²) >= 11 is 0. The maximum atomic E-state index is 12.4. The highest BCUT2D eigenvalue weighted by Crippen LogP contribution is 2.18. The molecule has 0 fully saturated rings. The molecule has 0 saturated carbocycles. The van der Waals surface area contributed by atoms with Crippen LogP contribution in [0, 0.1) is 11.3 Å². The van der Waals surface area contributed by atoms with Gasteiger partial charge < -0.3 is 9.47 Å². The molecule has 2 rings (SSSR count). The van der Waals surface area contributed by atoms with Gasteiger partial charge in [0.2, 0.25) is 5.78 Å². The summed E-state index contributed by atoms with van der Waals surface area (Å²) in [6.07, 6.45) is 0.442. The molecule has 0 aliphatic carbocycles. The average molecular weight is 377 g/mol. The van der Waals surface area contributed by atoms with Crippen molar-refractivity contribution in [2.75, 3.05) is 7.11 Å². The Morgan fingerprint density at radius 2 is 1.61 bits per heavy atom. The lowest BCUT2D eigenvalue weighted by Gasteiger charge is -2.12. The number of Topliss-reactive ketones (excluding diaryl/α,β-unsaturated/α-hetero) is 1. The van der Waals surface area contributed by atoms with Gasteiger partial charge in [-0.15, -0.1) is 0 Å². The number of esters is 1. The van der Waals surface area contributed by atoms with Crippen molar-refractivity contribution in [1.29, 1.82) is 5.26 Å². The van der Waals surface area contributed by atoms with Gasteiger partial charge in [-0.2, -0.15) is 5.26 Å². The number of carbonyl (C=O) groups excluding carboxylic acids is 2. The summed E-state index contributed by atoms with van der Waals surface area (Å²) in [7, 11) is 1.54. The molecule has 0 spiro atoms. The molecule has 0 heterocycles. The van der Waals surface area contributed by atoms with Gasteiger partial charge in [-0.3, -0.25) is 4.79 Å². The Balaban J connectivity index is 2.09. The Bertz CT molecular complexity index is 903. The smallest absolute Gasteiger partial charge is 0.349 e. The van der Waals surface area contributed by atoms with E-state index in [1.807, 2.05) is 30.3 Å². The van der Waals surface area contributed by atoms with Crippen LogP contribution in [0.5, 0.6) is 5.75 Å². The fourth-order valence-electron chi connectivity index (χ4n) is 2.55. The Morgan fingerprint density at radius 3 is 2.11 bits per heavy atom. The van der Waals surface area contributed by atoms with Gasteiger partial charge in [0.05, 0.1) is 7.11 Å². The molecule has 0 aliphatic heterocycles. The number of nitriles is 1. The van der Waals surface area contributed by atoms with Crippen LogP contribution in [0.25, 0.3) is 6.08 Å². The Kier molecular flexibility index (Phi) is 7.11. The van der Waals surface area contributed by atoms with Crippen molar-refractivity contribution < 1.29 is 19.1 Å². The molecule has 0 unspecified atom stereocenters. The highest BCUT2D eigenvalue weighted by Gasteiger charge is 2.22. The second-order valence-electron chi connectivity index (χ2n) is 6.63. The normalized spacial score (nSPS) is 12.2. The van der Waals surface area contributed by atoms with E-state index < -0.39 is 12.1 Å². The third kappa shape index (κ3) is 5.31. The molecule has 0 bridgehead atoms. The van der Waals surface area contributed by atoms with Crippen LogP contribution < -0.4 is 4.74 Å². The minimum Gasteiger partial charge on any atom is -0.497 e. The largest absolute Gasteiger partial charge is 0.497 e. The van der Waals surface area contributed by atoms with Gasteiger partial charge in [0.25, 0.3) is 0 Å². The number of hydrogen-bond acceptors (Lipinski definition) is 5. The summed E-state index contributed by atoms with van der Waals surface area (Å²) < 4.78 is 10.3. The van der Waals surface area contributed by atoms with E-state index in [-0.39, 0.29) is 11.4 Å². The van der Waals surface area contributed by atoms with Gasteiger partial charge in [-0.1, -0.05) is 38.1 Å². The number of hydrogen-bond donors (Lipinski definition) is 0. The molecule has 0 aliphatic rings. The van der Waals surface area contributed by atoms with E-state index in [1.54, 1.807) is 24.3 Å². The van der Waals surface area contributed by atoms with Crippen molar-refractivity contribution in [3.8, 4) is 11.8 Å². The molecule has 5 heteroatoms. The van der Waals surface area contributed by atoms with Gasteiger partial charge >= 0.3 is 5.97 Å². The number of carbonyl (C=O) groups is 2. The molecule has 0 saturated heterocycles. The molecule has 144 valence electrons. The standard InChI is InChI=1S/C23H23NO4/c1-15(2)18-7-5-17(6-8-18)13-20(14-24)23(26)28-16(3)22(25)19-9-11-21(27-4)12-10-19/h5-13,15-16H,1-4H3/b20-13+/t16-/m1/s1. The number of methoxy groups -OCH3 is 1. The first-order valence-corrected chi connectivity index (χ1v) is 8.96. The van der Waals surface area contributed by atoms with Crippen LogP contribution >= 0.6 is 0 Å². The average Bonchev–Trinajstić information content (AvgIpc) is 2.71. The summed E-state index contributed by atoms with van der Waals surface area (Å²) in [6, 6.07) is 15.9. The third-order valence-corrected chi connectivity index (χ3v) is 4.28. The summed E-state index contributed by atoms with van der Waals surface area (Å²) in [6.45, 7) is 5.66. The maximum Gasteiger partial charge on any atom is 0.349 e. The summed E-state index contributed by atoms with van der Waals surface area (Å²) in [5.74, 6) is -0.165. The topological polar surface area (TPSA) is 76.4 Å². The molecular weight excluding hydrogens is 354 g/mol. The van der Waals surface area contributed by atoms with Crippen molar-refractivity contribution >= 4 is 17.8 Å². The third-order valence-electron chi connectivity index (χ3n) is 4.28. The van der Waals surface area contributed by atoms with E-state index in [2.05, 4.69) is 13.8 Å². The Hall–Kier alpha value is -3.39. The van der Waals surface area contributed by atoms with E-state index in [1.165, 1.54) is 20.1 Å². The monoisotopic (exact) mass is 377 g/mol. The number of nitrogens with zero attached hydrogens (tertiary/aromatic N) is 1. The summed E-state index contributed by atoms with van der Waals surface area (Å²) in [4.78, 5) is 24.7. The number of ether oxygens (including phenoxy) is 2. The highest BCUT2D eigenvalue weighted by atomic mass is 16.5. The Labute approximate surface area is 165 Å². The second-order valence-corrected chi connectivity index (χ2v) is 6.63. The first kappa shape index (κ1) is 20.9. The van der Waals surface area contributed by atoms with Crippen molar-refractivity contribution in [3.63, 3.8) is 0 Å². The predicted octanol–water partition coefficient (Wildman–Crippen LogP) is 4.54. The van der Waals surface area contributed by atoms with E-state index in [9.17, 15) is 14.9 Å². The first-order chi connectivity index (χ1) is 13.3. The van der Waals surface area contributed by atoms with Crippen LogP contribution in [0.2, 0.25) is 0 Å². The quantitative estimate of drug-likeness (QED) is 0.306. The van der Waals surface area contributed by atoms with Crippen LogP contribution in [-0.2, 0) is 9.53 Å². The van der Waals surface area contributed by atoms with E-state index in [0.29, 0.717) is 22.8 Å².